The maximum absolute atomic E-state index is 8.96. The van der Waals surface area contributed by atoms with Crippen molar-refractivity contribution < 1.29 is 5.11 Å². The molecule has 1 aliphatic heterocycles. The lowest BCUT2D eigenvalue weighted by atomic mass is 10.0. The Labute approximate surface area is 144 Å². The van der Waals surface area contributed by atoms with Crippen LogP contribution >= 0.6 is 0 Å². The van der Waals surface area contributed by atoms with Gasteiger partial charge in [-0.1, -0.05) is 18.2 Å². The van der Waals surface area contributed by atoms with E-state index in [1.54, 1.807) is 0 Å². The molecule has 0 saturated carbocycles. The summed E-state index contributed by atoms with van der Waals surface area (Å²) in [6.07, 6.45) is 5.30. The molecular weight excluding hydrogens is 300 g/mol. The minimum Gasteiger partial charge on any atom is -0.396 e. The van der Waals surface area contributed by atoms with Crippen molar-refractivity contribution in [1.29, 1.82) is 0 Å². The number of benzene rings is 1. The molecule has 1 fully saturated rings. The van der Waals surface area contributed by atoms with Gasteiger partial charge in [-0.05, 0) is 44.5 Å². The molecule has 5 heteroatoms. The Morgan fingerprint density at radius 3 is 2.62 bits per heavy atom. The maximum atomic E-state index is 8.96. The molecule has 0 unspecified atom stereocenters. The van der Waals surface area contributed by atoms with Crippen LogP contribution in [0.25, 0.3) is 5.69 Å². The fourth-order valence-electron chi connectivity index (χ4n) is 3.42. The van der Waals surface area contributed by atoms with Crippen molar-refractivity contribution in [3.05, 3.63) is 48.3 Å². The molecule has 0 spiro atoms. The average Bonchev–Trinajstić information content (AvgIpc) is 3.09. The number of nitrogens with zero attached hydrogens (tertiary/aromatic N) is 4. The first-order chi connectivity index (χ1) is 11.8. The molecule has 0 radical (unpaired) electrons. The van der Waals surface area contributed by atoms with E-state index in [4.69, 9.17) is 10.2 Å². The molecule has 0 bridgehead atoms. The lowest BCUT2D eigenvalue weighted by Gasteiger charge is -2.36. The minimum absolute atomic E-state index is 0.285. The predicted octanol–water partition coefficient (Wildman–Crippen LogP) is 2.15. The van der Waals surface area contributed by atoms with Crippen LogP contribution in [0.4, 0.5) is 0 Å². The van der Waals surface area contributed by atoms with Gasteiger partial charge in [-0.2, -0.15) is 5.10 Å². The van der Waals surface area contributed by atoms with Crippen LogP contribution in [0.1, 0.15) is 25.0 Å². The van der Waals surface area contributed by atoms with Crippen LogP contribution in [0, 0.1) is 0 Å². The van der Waals surface area contributed by atoms with Crippen molar-refractivity contribution in [1.82, 2.24) is 19.6 Å². The van der Waals surface area contributed by atoms with E-state index in [1.807, 2.05) is 29.1 Å². The summed E-state index contributed by atoms with van der Waals surface area (Å²) in [5.74, 6) is 0. The van der Waals surface area contributed by atoms with Crippen molar-refractivity contribution in [2.75, 3.05) is 33.3 Å². The Kier molecular flexibility index (Phi) is 6.01. The minimum atomic E-state index is 0.285. The first-order valence-corrected chi connectivity index (χ1v) is 8.89. The molecular formula is C19H28N4O. The third-order valence-corrected chi connectivity index (χ3v) is 4.90. The molecule has 24 heavy (non-hydrogen) atoms. The van der Waals surface area contributed by atoms with E-state index in [0.717, 1.165) is 44.0 Å². The number of para-hydroxylation sites is 1. The van der Waals surface area contributed by atoms with Crippen LogP contribution < -0.4 is 0 Å². The molecule has 1 N–H and O–H groups in total. The molecule has 1 aromatic heterocycles. The van der Waals surface area contributed by atoms with E-state index in [1.165, 1.54) is 12.8 Å². The van der Waals surface area contributed by atoms with Crippen LogP contribution in [-0.2, 0) is 6.54 Å². The molecule has 2 heterocycles. The summed E-state index contributed by atoms with van der Waals surface area (Å²) in [4.78, 5) is 4.89. The summed E-state index contributed by atoms with van der Waals surface area (Å²) < 4.78 is 1.95. The maximum Gasteiger partial charge on any atom is 0.0769 e. The Hall–Kier alpha value is -1.69. The van der Waals surface area contributed by atoms with Gasteiger partial charge >= 0.3 is 0 Å². The monoisotopic (exact) mass is 328 g/mol. The number of hydrogen-bond donors (Lipinski definition) is 1. The fourth-order valence-corrected chi connectivity index (χ4v) is 3.42. The molecule has 1 saturated heterocycles. The number of likely N-dealkylation sites (tertiary alicyclic amines) is 1. The second-order valence-corrected chi connectivity index (χ2v) is 6.65. The molecule has 1 aromatic carbocycles. The SMILES string of the molecule is CN(CCCO)C1CCN(Cc2ccn(-c3ccccc3)n2)CC1. The second-order valence-electron chi connectivity index (χ2n) is 6.65. The van der Waals surface area contributed by atoms with Gasteiger partial charge in [0.15, 0.2) is 0 Å². The van der Waals surface area contributed by atoms with E-state index in [9.17, 15) is 0 Å². The van der Waals surface area contributed by atoms with Crippen molar-refractivity contribution in [2.24, 2.45) is 0 Å². The number of hydrogen-bond acceptors (Lipinski definition) is 4. The number of aromatic nitrogens is 2. The highest BCUT2D eigenvalue weighted by atomic mass is 16.3. The van der Waals surface area contributed by atoms with Gasteiger partial charge in [0.25, 0.3) is 0 Å². The van der Waals surface area contributed by atoms with Crippen molar-refractivity contribution in [3.63, 3.8) is 0 Å². The molecule has 0 aliphatic carbocycles. The number of piperidine rings is 1. The third-order valence-electron chi connectivity index (χ3n) is 4.90. The smallest absolute Gasteiger partial charge is 0.0769 e. The summed E-state index contributed by atoms with van der Waals surface area (Å²) >= 11 is 0. The number of aliphatic hydroxyl groups is 1. The summed E-state index contributed by atoms with van der Waals surface area (Å²) in [6.45, 7) is 4.43. The molecule has 130 valence electrons. The number of rotatable bonds is 7. The van der Waals surface area contributed by atoms with Crippen LogP contribution in [0.2, 0.25) is 0 Å². The van der Waals surface area contributed by atoms with E-state index >= 15 is 0 Å². The van der Waals surface area contributed by atoms with Gasteiger partial charge in [-0.3, -0.25) is 4.90 Å². The molecule has 3 rings (SSSR count). The summed E-state index contributed by atoms with van der Waals surface area (Å²) in [5, 5.41) is 13.7. The standard InChI is InChI=1S/C19H28N4O/c1-21(11-5-15-24)18-9-12-22(13-10-18)16-17-8-14-23(20-17)19-6-3-2-4-7-19/h2-4,6-8,14,18,24H,5,9-13,15-16H2,1H3. The first kappa shape index (κ1) is 17.1. The van der Waals surface area contributed by atoms with Crippen LogP contribution in [-0.4, -0.2) is 64.0 Å². The van der Waals surface area contributed by atoms with Crippen molar-refractivity contribution in [2.45, 2.75) is 31.8 Å². The van der Waals surface area contributed by atoms with Crippen molar-refractivity contribution in [3.8, 4) is 5.69 Å². The topological polar surface area (TPSA) is 44.5 Å². The van der Waals surface area contributed by atoms with Gasteiger partial charge < -0.3 is 10.0 Å². The third kappa shape index (κ3) is 4.44. The molecule has 0 amide bonds. The lowest BCUT2D eigenvalue weighted by Crippen LogP contribution is -2.43. The fraction of sp³-hybridized carbons (Fsp3) is 0.526. The molecule has 2 aromatic rings. The Morgan fingerprint density at radius 2 is 1.92 bits per heavy atom. The zero-order valence-electron chi connectivity index (χ0n) is 14.5. The van der Waals surface area contributed by atoms with Crippen molar-refractivity contribution >= 4 is 0 Å². The van der Waals surface area contributed by atoms with E-state index in [2.05, 4.69) is 35.0 Å². The Balaban J connectivity index is 1.49. The summed E-state index contributed by atoms with van der Waals surface area (Å²) in [5.41, 5.74) is 2.24. The van der Waals surface area contributed by atoms with E-state index in [0.29, 0.717) is 6.04 Å². The highest BCUT2D eigenvalue weighted by Crippen LogP contribution is 2.17. The van der Waals surface area contributed by atoms with Gasteiger partial charge in [0.1, 0.15) is 0 Å². The van der Waals surface area contributed by atoms with E-state index < -0.39 is 0 Å². The lowest BCUT2D eigenvalue weighted by molar-refractivity contribution is 0.116. The highest BCUT2D eigenvalue weighted by molar-refractivity contribution is 5.30. The molecule has 1 aliphatic rings. The largest absolute Gasteiger partial charge is 0.396 e. The Bertz CT molecular complexity index is 605. The molecule has 0 atom stereocenters. The van der Waals surface area contributed by atoms with Gasteiger partial charge in [-0.25, -0.2) is 4.68 Å². The first-order valence-electron chi connectivity index (χ1n) is 8.89. The Morgan fingerprint density at radius 1 is 1.17 bits per heavy atom. The van der Waals surface area contributed by atoms with Gasteiger partial charge in [-0.15, -0.1) is 0 Å². The van der Waals surface area contributed by atoms with Crippen LogP contribution in [0.5, 0.6) is 0 Å². The molecule has 5 nitrogen and oxygen atoms in total. The summed E-state index contributed by atoms with van der Waals surface area (Å²) in [6, 6.07) is 13.0. The van der Waals surface area contributed by atoms with Gasteiger partial charge in [0.05, 0.1) is 11.4 Å². The summed E-state index contributed by atoms with van der Waals surface area (Å²) in [7, 11) is 2.18. The quantitative estimate of drug-likeness (QED) is 0.846. The zero-order valence-corrected chi connectivity index (χ0v) is 14.5. The normalized spacial score (nSPS) is 16.8. The zero-order chi connectivity index (χ0) is 16.8. The van der Waals surface area contributed by atoms with Gasteiger partial charge in [0.2, 0.25) is 0 Å². The highest BCUT2D eigenvalue weighted by Gasteiger charge is 2.22. The second kappa shape index (κ2) is 8.42. The van der Waals surface area contributed by atoms with E-state index in [-0.39, 0.29) is 6.61 Å². The number of aliphatic hydroxyl groups excluding tert-OH is 1. The van der Waals surface area contributed by atoms with Gasteiger partial charge in [0, 0.05) is 45.0 Å². The van der Waals surface area contributed by atoms with Crippen LogP contribution in [0.3, 0.4) is 0 Å². The van der Waals surface area contributed by atoms with Crippen LogP contribution in [0.15, 0.2) is 42.6 Å². The predicted molar refractivity (Wildman–Crippen MR) is 96.2 cm³/mol. The average molecular weight is 328 g/mol.